The summed E-state index contributed by atoms with van der Waals surface area (Å²) in [5.74, 6) is 0.488. The van der Waals surface area contributed by atoms with Gasteiger partial charge in [0.1, 0.15) is 11.5 Å². The SMILES string of the molecule is COc1ccc(-n2cc(C)nn2)c(CNC(=O)c2cn(Cc3ccc4c(c3)CN(C)CC4)c(C3CC3)n2)c1F. The minimum atomic E-state index is -0.550. The fourth-order valence-electron chi connectivity index (χ4n) is 5.23. The maximum atomic E-state index is 15.3. The molecule has 6 rings (SSSR count). The Morgan fingerprint density at radius 1 is 1.18 bits per heavy atom. The number of aryl methyl sites for hydroxylation is 1. The number of nitrogens with one attached hydrogen (secondary N) is 1. The molecule has 0 radical (unpaired) electrons. The molecule has 1 saturated carbocycles. The van der Waals surface area contributed by atoms with E-state index in [9.17, 15) is 4.79 Å². The van der Waals surface area contributed by atoms with Gasteiger partial charge in [-0.15, -0.1) is 5.10 Å². The molecule has 10 heteroatoms. The predicted molar refractivity (Wildman–Crippen MR) is 144 cm³/mol. The molecule has 0 saturated heterocycles. The number of fused-ring (bicyclic) bond motifs is 1. The van der Waals surface area contributed by atoms with Crippen LogP contribution in [0.2, 0.25) is 0 Å². The zero-order chi connectivity index (χ0) is 27.1. The summed E-state index contributed by atoms with van der Waals surface area (Å²) in [6.45, 7) is 4.44. The van der Waals surface area contributed by atoms with Crippen LogP contribution in [-0.4, -0.2) is 56.1 Å². The number of halogens is 1. The number of carbonyl (C=O) groups is 1. The number of aromatic nitrogens is 5. The predicted octanol–water partition coefficient (Wildman–Crippen LogP) is 3.76. The summed E-state index contributed by atoms with van der Waals surface area (Å²) in [7, 11) is 3.56. The highest BCUT2D eigenvalue weighted by Gasteiger charge is 2.30. The van der Waals surface area contributed by atoms with Gasteiger partial charge in [0.15, 0.2) is 11.6 Å². The van der Waals surface area contributed by atoms with Gasteiger partial charge >= 0.3 is 0 Å². The van der Waals surface area contributed by atoms with E-state index in [-0.39, 0.29) is 23.8 Å². The third-order valence-corrected chi connectivity index (χ3v) is 7.49. The molecule has 2 aliphatic rings. The topological polar surface area (TPSA) is 90.1 Å². The van der Waals surface area contributed by atoms with Crippen molar-refractivity contribution in [3.63, 3.8) is 0 Å². The molecule has 4 aromatic rings. The van der Waals surface area contributed by atoms with Gasteiger partial charge in [-0.2, -0.15) is 0 Å². The Labute approximate surface area is 226 Å². The maximum absolute atomic E-state index is 15.3. The first-order valence-corrected chi connectivity index (χ1v) is 13.3. The first kappa shape index (κ1) is 25.2. The number of nitrogens with zero attached hydrogens (tertiary/aromatic N) is 6. The highest BCUT2D eigenvalue weighted by Crippen LogP contribution is 2.39. The number of hydrogen-bond donors (Lipinski definition) is 1. The van der Waals surface area contributed by atoms with E-state index < -0.39 is 5.82 Å². The molecule has 1 aliphatic carbocycles. The first-order valence-electron chi connectivity index (χ1n) is 13.3. The van der Waals surface area contributed by atoms with Gasteiger partial charge in [-0.25, -0.2) is 14.1 Å². The van der Waals surface area contributed by atoms with Crippen LogP contribution in [0.4, 0.5) is 4.39 Å². The molecule has 3 heterocycles. The standard InChI is InChI=1S/C29H32FN7O2/c1-18-14-37(34-33-18)25-8-9-26(39-3)27(30)23(25)13-31-29(38)24-17-36(28(32-24)21-6-7-21)15-19-4-5-20-10-11-35(2)16-22(20)12-19/h4-5,8-9,12,14,17,21H,6-7,10-11,13,15-16H2,1-3H3,(H,31,38). The normalized spacial score (nSPS) is 15.3. The van der Waals surface area contributed by atoms with Crippen molar-refractivity contribution in [2.45, 2.75) is 51.7 Å². The Hall–Kier alpha value is -4.05. The Morgan fingerprint density at radius 2 is 2.03 bits per heavy atom. The van der Waals surface area contributed by atoms with Gasteiger partial charge in [-0.1, -0.05) is 23.4 Å². The number of ether oxygens (including phenoxy) is 1. The smallest absolute Gasteiger partial charge is 0.271 e. The Kier molecular flexibility index (Phi) is 6.64. The fraction of sp³-hybridized carbons (Fsp3) is 0.379. The van der Waals surface area contributed by atoms with E-state index in [1.165, 1.54) is 34.5 Å². The molecule has 2 aromatic heterocycles. The molecule has 0 unspecified atom stereocenters. The van der Waals surface area contributed by atoms with Crippen molar-refractivity contribution in [2.75, 3.05) is 20.7 Å². The molecule has 0 atom stereocenters. The first-order chi connectivity index (χ1) is 18.9. The second-order valence-electron chi connectivity index (χ2n) is 10.5. The molecule has 1 aliphatic heterocycles. The van der Waals surface area contributed by atoms with Crippen molar-refractivity contribution < 1.29 is 13.9 Å². The molecule has 39 heavy (non-hydrogen) atoms. The Balaban J connectivity index is 1.23. The molecular formula is C29H32FN7O2. The van der Waals surface area contributed by atoms with Gasteiger partial charge in [-0.3, -0.25) is 4.79 Å². The minimum absolute atomic E-state index is 0.0555. The third kappa shape index (κ3) is 5.16. The van der Waals surface area contributed by atoms with Gasteiger partial charge < -0.3 is 19.5 Å². The van der Waals surface area contributed by atoms with Crippen LogP contribution in [0.1, 0.15) is 63.0 Å². The van der Waals surface area contributed by atoms with Crippen molar-refractivity contribution in [3.05, 3.63) is 88.0 Å². The summed E-state index contributed by atoms with van der Waals surface area (Å²) in [6, 6.07) is 9.93. The summed E-state index contributed by atoms with van der Waals surface area (Å²) in [6.07, 6.45) is 6.74. The largest absolute Gasteiger partial charge is 0.494 e. The highest BCUT2D eigenvalue weighted by atomic mass is 19.1. The lowest BCUT2D eigenvalue weighted by molar-refractivity contribution is 0.0945. The average Bonchev–Trinajstić information content (AvgIpc) is 3.54. The van der Waals surface area contributed by atoms with E-state index >= 15 is 4.39 Å². The molecular weight excluding hydrogens is 497 g/mol. The number of hydrogen-bond acceptors (Lipinski definition) is 6. The van der Waals surface area contributed by atoms with Crippen molar-refractivity contribution in [3.8, 4) is 11.4 Å². The lowest BCUT2D eigenvalue weighted by atomic mass is 9.97. The molecule has 0 bridgehead atoms. The molecule has 1 N–H and O–H groups in total. The van der Waals surface area contributed by atoms with Crippen molar-refractivity contribution >= 4 is 5.91 Å². The third-order valence-electron chi connectivity index (χ3n) is 7.49. The molecule has 202 valence electrons. The molecule has 1 fully saturated rings. The van der Waals surface area contributed by atoms with E-state index in [4.69, 9.17) is 9.72 Å². The van der Waals surface area contributed by atoms with Crippen molar-refractivity contribution in [1.29, 1.82) is 0 Å². The van der Waals surface area contributed by atoms with Crippen LogP contribution in [0.25, 0.3) is 5.69 Å². The van der Waals surface area contributed by atoms with Crippen LogP contribution in [0, 0.1) is 12.7 Å². The van der Waals surface area contributed by atoms with Gasteiger partial charge in [0.05, 0.1) is 24.7 Å². The zero-order valence-electron chi connectivity index (χ0n) is 22.4. The Bertz CT molecular complexity index is 1540. The average molecular weight is 530 g/mol. The summed E-state index contributed by atoms with van der Waals surface area (Å²) in [4.78, 5) is 20.3. The fourth-order valence-corrected chi connectivity index (χ4v) is 5.23. The summed E-state index contributed by atoms with van der Waals surface area (Å²) < 4.78 is 24.0. The van der Waals surface area contributed by atoms with E-state index in [0.29, 0.717) is 29.5 Å². The van der Waals surface area contributed by atoms with Gasteiger partial charge in [0.25, 0.3) is 5.91 Å². The number of amides is 1. The highest BCUT2D eigenvalue weighted by molar-refractivity contribution is 5.92. The van der Waals surface area contributed by atoms with Gasteiger partial charge in [0.2, 0.25) is 0 Å². The van der Waals surface area contributed by atoms with E-state index in [1.807, 2.05) is 6.20 Å². The summed E-state index contributed by atoms with van der Waals surface area (Å²) in [5.41, 5.74) is 5.74. The van der Waals surface area contributed by atoms with Crippen molar-refractivity contribution in [2.24, 2.45) is 0 Å². The number of benzene rings is 2. The van der Waals surface area contributed by atoms with Gasteiger partial charge in [0, 0.05) is 43.9 Å². The van der Waals surface area contributed by atoms with E-state index in [0.717, 1.165) is 38.2 Å². The quantitative estimate of drug-likeness (QED) is 0.374. The molecule has 9 nitrogen and oxygen atoms in total. The maximum Gasteiger partial charge on any atom is 0.271 e. The van der Waals surface area contributed by atoms with Gasteiger partial charge in [-0.05, 0) is 62.1 Å². The number of imidazole rings is 1. The number of likely N-dealkylation sites (N-methyl/N-ethyl adjacent to an activating group) is 1. The Morgan fingerprint density at radius 3 is 2.77 bits per heavy atom. The summed E-state index contributed by atoms with van der Waals surface area (Å²) in [5, 5.41) is 10.9. The number of carbonyl (C=O) groups excluding carboxylic acids is 1. The summed E-state index contributed by atoms with van der Waals surface area (Å²) >= 11 is 0. The van der Waals surface area contributed by atoms with Crippen LogP contribution in [0.5, 0.6) is 5.75 Å². The molecule has 2 aromatic carbocycles. The van der Waals surface area contributed by atoms with E-state index in [1.54, 1.807) is 19.2 Å². The molecule has 1 amide bonds. The second-order valence-corrected chi connectivity index (χ2v) is 10.5. The lowest BCUT2D eigenvalue weighted by Crippen LogP contribution is -2.26. The van der Waals surface area contributed by atoms with Crippen LogP contribution in [0.15, 0.2) is 42.7 Å². The molecule has 0 spiro atoms. The zero-order valence-corrected chi connectivity index (χ0v) is 22.4. The van der Waals surface area contributed by atoms with Crippen LogP contribution in [0.3, 0.4) is 0 Å². The van der Waals surface area contributed by atoms with Crippen LogP contribution < -0.4 is 10.1 Å². The van der Waals surface area contributed by atoms with Crippen molar-refractivity contribution in [1.82, 2.24) is 34.8 Å². The number of methoxy groups -OCH3 is 1. The van der Waals surface area contributed by atoms with Crippen LogP contribution >= 0.6 is 0 Å². The minimum Gasteiger partial charge on any atom is -0.494 e. The number of rotatable bonds is 8. The lowest BCUT2D eigenvalue weighted by Gasteiger charge is -2.25. The second kappa shape index (κ2) is 10.3. The van der Waals surface area contributed by atoms with E-state index in [2.05, 4.69) is 50.3 Å². The van der Waals surface area contributed by atoms with Crippen LogP contribution in [-0.2, 0) is 26.1 Å². The monoisotopic (exact) mass is 529 g/mol.